The molecule has 0 radical (unpaired) electrons. The molecule has 0 heterocycles. The highest BCUT2D eigenvalue weighted by Gasteiger charge is 2.14. The molecule has 0 aliphatic rings. The summed E-state index contributed by atoms with van der Waals surface area (Å²) in [6.07, 6.45) is 3.00. The van der Waals surface area contributed by atoms with E-state index in [0.29, 0.717) is 13.0 Å². The van der Waals surface area contributed by atoms with Crippen LogP contribution in [0.15, 0.2) is 11.9 Å². The lowest BCUT2D eigenvalue weighted by Crippen LogP contribution is -2.30. The summed E-state index contributed by atoms with van der Waals surface area (Å²) in [5.74, 6) is 5.72. The van der Waals surface area contributed by atoms with E-state index in [1.165, 1.54) is 5.01 Å². The summed E-state index contributed by atoms with van der Waals surface area (Å²) >= 11 is 0. The molecule has 0 aliphatic heterocycles. The van der Waals surface area contributed by atoms with Crippen LogP contribution in [0.5, 0.6) is 0 Å². The molecule has 0 amide bonds. The molecule has 88 valence electrons. The lowest BCUT2D eigenvalue weighted by atomic mass is 9.93. The van der Waals surface area contributed by atoms with Gasteiger partial charge in [-0.2, -0.15) is 0 Å². The van der Waals surface area contributed by atoms with Crippen LogP contribution in [0.3, 0.4) is 0 Å². The Morgan fingerprint density at radius 1 is 1.47 bits per heavy atom. The zero-order chi connectivity index (χ0) is 12.1. The average molecular weight is 231 g/mol. The Hall–Kier alpha value is -0.600. The summed E-state index contributed by atoms with van der Waals surface area (Å²) in [7, 11) is 2.15. The predicted molar refractivity (Wildman–Crippen MR) is 66.6 cm³/mol. The van der Waals surface area contributed by atoms with Crippen molar-refractivity contribution in [2.24, 2.45) is 17.0 Å². The number of nitrogens with two attached hydrogens (primary N) is 2. The van der Waals surface area contributed by atoms with Crippen LogP contribution < -0.4 is 11.6 Å². The van der Waals surface area contributed by atoms with Gasteiger partial charge < -0.3 is 10.7 Å². The Morgan fingerprint density at radius 3 is 2.40 bits per heavy atom. The van der Waals surface area contributed by atoms with Crippen LogP contribution in [0.4, 0.5) is 0 Å². The fraction of sp³-hybridized carbons (Fsp3) is 0.700. The first kappa shape index (κ1) is 14.4. The predicted octanol–water partition coefficient (Wildman–Crippen LogP) is 1.19. The minimum atomic E-state index is -0.0753. The molecule has 4 nitrogen and oxygen atoms in total. The highest BCUT2D eigenvalue weighted by Crippen LogP contribution is 2.20. The Balaban J connectivity index is 4.02. The lowest BCUT2D eigenvalue weighted by Gasteiger charge is -2.22. The number of carbonyl (C=O) groups excluding carboxylic acids is 1. The molecule has 1 atom stereocenters. The molecule has 1 unspecified atom stereocenters. The van der Waals surface area contributed by atoms with E-state index in [1.807, 2.05) is 20.8 Å². The van der Waals surface area contributed by atoms with Crippen molar-refractivity contribution < 1.29 is 4.79 Å². The van der Waals surface area contributed by atoms with E-state index in [-0.39, 0.29) is 10.9 Å². The van der Waals surface area contributed by atoms with Gasteiger partial charge in [0.25, 0.3) is 0 Å². The number of hydrogen-bond donors (Lipinski definition) is 2. The number of carbonyl (C=O) groups is 1. The number of hydrogen-bond acceptors (Lipinski definition) is 4. The van der Waals surface area contributed by atoms with Gasteiger partial charge in [-0.05, 0) is 6.42 Å². The van der Waals surface area contributed by atoms with E-state index in [2.05, 4.69) is 9.24 Å². The molecular weight excluding hydrogens is 209 g/mol. The maximum atomic E-state index is 10.7. The highest BCUT2D eigenvalue weighted by molar-refractivity contribution is 7.40. The molecule has 0 spiro atoms. The van der Waals surface area contributed by atoms with Crippen molar-refractivity contribution >= 4 is 14.8 Å². The molecule has 0 aromatic rings. The van der Waals surface area contributed by atoms with Crippen LogP contribution in [0.25, 0.3) is 0 Å². The van der Waals surface area contributed by atoms with Crippen molar-refractivity contribution in [3.05, 3.63) is 11.9 Å². The summed E-state index contributed by atoms with van der Waals surface area (Å²) < 4.78 is 0. The second-order valence-electron chi connectivity index (χ2n) is 4.64. The monoisotopic (exact) mass is 231 g/mol. The van der Waals surface area contributed by atoms with Gasteiger partial charge in [0.15, 0.2) is 0 Å². The molecule has 0 aromatic carbocycles. The summed E-state index contributed by atoms with van der Waals surface area (Å²) in [5, 5.41) is 1.54. The highest BCUT2D eigenvalue weighted by atomic mass is 31.0. The molecule has 15 heavy (non-hydrogen) atoms. The van der Waals surface area contributed by atoms with Gasteiger partial charge in [-0.3, -0.25) is 4.79 Å². The minimum absolute atomic E-state index is 0.0753. The quantitative estimate of drug-likeness (QED) is 0.423. The minimum Gasteiger partial charge on any atom is -0.400 e. The van der Waals surface area contributed by atoms with Gasteiger partial charge in [0.2, 0.25) is 0 Å². The van der Waals surface area contributed by atoms with E-state index in [9.17, 15) is 4.79 Å². The largest absolute Gasteiger partial charge is 0.400 e. The molecular formula is C10H22N3OP. The maximum Gasteiger partial charge on any atom is 0.148 e. The third kappa shape index (κ3) is 7.34. The summed E-state index contributed by atoms with van der Waals surface area (Å²) in [5.41, 5.74) is 6.62. The smallest absolute Gasteiger partial charge is 0.148 e. The second-order valence-corrected chi connectivity index (χ2v) is 5.29. The molecule has 5 heteroatoms. The zero-order valence-electron chi connectivity index (χ0n) is 9.79. The first-order valence-electron chi connectivity index (χ1n) is 5.01. The molecule has 0 saturated carbocycles. The first-order valence-corrected chi connectivity index (χ1v) is 5.58. The Kier molecular flexibility index (Phi) is 5.84. The number of nitrogens with zero attached hydrogens (tertiary/aromatic N) is 1. The first-order chi connectivity index (χ1) is 6.73. The molecule has 0 fully saturated rings. The van der Waals surface area contributed by atoms with Crippen molar-refractivity contribution in [1.29, 1.82) is 0 Å². The van der Waals surface area contributed by atoms with Crippen molar-refractivity contribution in [2.75, 3.05) is 6.54 Å². The normalized spacial score (nSPS) is 12.7. The Bertz CT molecular complexity index is 246. The fourth-order valence-corrected chi connectivity index (χ4v) is 1.08. The van der Waals surface area contributed by atoms with Gasteiger partial charge in [-0.25, -0.2) is 5.84 Å². The molecule has 0 saturated heterocycles. The number of hydrazine groups is 1. The topological polar surface area (TPSA) is 72.3 Å². The maximum absolute atomic E-state index is 10.7. The summed E-state index contributed by atoms with van der Waals surface area (Å²) in [4.78, 5) is 10.7. The van der Waals surface area contributed by atoms with E-state index < -0.39 is 0 Å². The van der Waals surface area contributed by atoms with Crippen LogP contribution in [-0.4, -0.2) is 17.1 Å². The van der Waals surface area contributed by atoms with Gasteiger partial charge in [-0.1, -0.05) is 30.0 Å². The third-order valence-corrected chi connectivity index (χ3v) is 2.30. The zero-order valence-corrected chi connectivity index (χ0v) is 10.9. The van der Waals surface area contributed by atoms with E-state index in [1.54, 1.807) is 6.20 Å². The molecule has 4 N–H and O–H groups in total. The number of allylic oxidation sites excluding steroid dienone is 1. The van der Waals surface area contributed by atoms with Gasteiger partial charge >= 0.3 is 0 Å². The number of rotatable bonds is 5. The van der Waals surface area contributed by atoms with Gasteiger partial charge in [0, 0.05) is 30.3 Å². The van der Waals surface area contributed by atoms with Gasteiger partial charge in [-0.15, -0.1) is 0 Å². The van der Waals surface area contributed by atoms with Crippen molar-refractivity contribution in [3.8, 4) is 0 Å². The average Bonchev–Trinajstić information content (AvgIpc) is 2.01. The van der Waals surface area contributed by atoms with Crippen LogP contribution in [0.2, 0.25) is 0 Å². The van der Waals surface area contributed by atoms with Crippen LogP contribution in [0, 0.1) is 5.41 Å². The van der Waals surface area contributed by atoms with Crippen molar-refractivity contribution in [1.82, 2.24) is 5.01 Å². The summed E-state index contributed by atoms with van der Waals surface area (Å²) in [6.45, 7) is 6.72. The second kappa shape index (κ2) is 6.09. The third-order valence-electron chi connectivity index (χ3n) is 2.01. The van der Waals surface area contributed by atoms with Crippen LogP contribution in [0.1, 0.15) is 33.6 Å². The molecule has 0 bridgehead atoms. The molecule has 0 aliphatic carbocycles. The Labute approximate surface area is 94.2 Å². The van der Waals surface area contributed by atoms with Gasteiger partial charge in [0.1, 0.15) is 5.52 Å². The van der Waals surface area contributed by atoms with Crippen molar-refractivity contribution in [2.45, 2.75) is 33.6 Å². The van der Waals surface area contributed by atoms with E-state index in [4.69, 9.17) is 11.6 Å². The van der Waals surface area contributed by atoms with E-state index >= 15 is 0 Å². The standard InChI is InChI=1S/C10H22N3OP/c1-10(2,3)8(11)7-13(12)6-4-5-9(14)15/h7H,4-6,11-12,15H2,1-3H3/b8-7-. The van der Waals surface area contributed by atoms with E-state index in [0.717, 1.165) is 12.1 Å². The van der Waals surface area contributed by atoms with Crippen molar-refractivity contribution in [3.63, 3.8) is 0 Å². The molecule has 0 aromatic heterocycles. The SMILES string of the molecule is CC(C)(C)/C(N)=C/N(N)CCCC(=O)P. The van der Waals surface area contributed by atoms with Gasteiger partial charge in [0.05, 0.1) is 0 Å². The summed E-state index contributed by atoms with van der Waals surface area (Å²) in [6, 6.07) is 0. The van der Waals surface area contributed by atoms with Crippen LogP contribution >= 0.6 is 9.24 Å². The Morgan fingerprint density at radius 2 is 2.00 bits per heavy atom. The fourth-order valence-electron chi connectivity index (χ4n) is 0.873. The lowest BCUT2D eigenvalue weighted by molar-refractivity contribution is -0.111. The van der Waals surface area contributed by atoms with Crippen LogP contribution in [-0.2, 0) is 4.79 Å². The molecule has 0 rings (SSSR count).